The van der Waals surface area contributed by atoms with Gasteiger partial charge < -0.3 is 5.11 Å². The number of aromatic carboxylic acids is 1. The molecule has 2 aromatic rings. The Bertz CT molecular complexity index is 538. The molecule has 0 bridgehead atoms. The smallest absolute Gasteiger partial charge is 0.337 e. The average molecular weight is 264 g/mol. The highest BCUT2D eigenvalue weighted by atomic mass is 32.2. The van der Waals surface area contributed by atoms with Crippen molar-refractivity contribution in [3.05, 3.63) is 36.0 Å². The molecule has 0 saturated carbocycles. The van der Waals surface area contributed by atoms with Crippen molar-refractivity contribution >= 4 is 17.7 Å². The minimum atomic E-state index is -0.968. The summed E-state index contributed by atoms with van der Waals surface area (Å²) < 4.78 is 1.82. The molecule has 0 aliphatic rings. The Kier molecular flexibility index (Phi) is 3.93. The zero-order valence-electron chi connectivity index (χ0n) is 9.78. The number of rotatable bonds is 5. The third-order valence-electron chi connectivity index (χ3n) is 2.33. The standard InChI is InChI=1S/C11H12N4O2S/c1-2-15-9(13-7-14-15)6-18-10-4-3-8(5-12-10)11(16)17/h3-5,7H,2,6H2,1H3,(H,16,17). The molecule has 18 heavy (non-hydrogen) atoms. The molecule has 0 fully saturated rings. The number of carboxylic acids is 1. The van der Waals surface area contributed by atoms with E-state index in [0.29, 0.717) is 5.75 Å². The van der Waals surface area contributed by atoms with Gasteiger partial charge in [0, 0.05) is 12.7 Å². The summed E-state index contributed by atoms with van der Waals surface area (Å²) in [4.78, 5) is 18.9. The lowest BCUT2D eigenvalue weighted by molar-refractivity contribution is 0.0696. The molecule has 0 atom stereocenters. The van der Waals surface area contributed by atoms with Crippen LogP contribution < -0.4 is 0 Å². The van der Waals surface area contributed by atoms with Gasteiger partial charge in [-0.15, -0.1) is 0 Å². The number of hydrogen-bond donors (Lipinski definition) is 1. The monoisotopic (exact) mass is 264 g/mol. The summed E-state index contributed by atoms with van der Waals surface area (Å²) in [5.74, 6) is 0.573. The van der Waals surface area contributed by atoms with Gasteiger partial charge in [0.2, 0.25) is 0 Å². The van der Waals surface area contributed by atoms with Crippen LogP contribution in [0.3, 0.4) is 0 Å². The Balaban J connectivity index is 2.00. The fourth-order valence-electron chi connectivity index (χ4n) is 1.39. The Hall–Kier alpha value is -1.89. The van der Waals surface area contributed by atoms with Gasteiger partial charge in [-0.2, -0.15) is 5.10 Å². The Morgan fingerprint density at radius 2 is 2.28 bits per heavy atom. The third-order valence-corrected chi connectivity index (χ3v) is 3.27. The van der Waals surface area contributed by atoms with Crippen LogP contribution in [0.2, 0.25) is 0 Å². The van der Waals surface area contributed by atoms with Crippen LogP contribution in [-0.2, 0) is 12.3 Å². The van der Waals surface area contributed by atoms with E-state index in [1.54, 1.807) is 12.1 Å². The number of aromatic nitrogens is 4. The quantitative estimate of drug-likeness (QED) is 0.827. The van der Waals surface area contributed by atoms with E-state index < -0.39 is 5.97 Å². The van der Waals surface area contributed by atoms with Gasteiger partial charge in [-0.25, -0.2) is 19.4 Å². The van der Waals surface area contributed by atoms with Crippen molar-refractivity contribution in [1.29, 1.82) is 0 Å². The molecule has 0 amide bonds. The summed E-state index contributed by atoms with van der Waals surface area (Å²) in [7, 11) is 0. The van der Waals surface area contributed by atoms with Crippen LogP contribution in [0.4, 0.5) is 0 Å². The fraction of sp³-hybridized carbons (Fsp3) is 0.273. The Labute approximate surface area is 108 Å². The molecule has 0 radical (unpaired) electrons. The highest BCUT2D eigenvalue weighted by Crippen LogP contribution is 2.19. The van der Waals surface area contributed by atoms with E-state index in [2.05, 4.69) is 15.1 Å². The largest absolute Gasteiger partial charge is 0.478 e. The zero-order chi connectivity index (χ0) is 13.0. The third kappa shape index (κ3) is 2.86. The maximum Gasteiger partial charge on any atom is 0.337 e. The van der Waals surface area contributed by atoms with Gasteiger partial charge in [0.25, 0.3) is 0 Å². The molecule has 1 N–H and O–H groups in total. The van der Waals surface area contributed by atoms with E-state index in [1.807, 2.05) is 11.6 Å². The zero-order valence-corrected chi connectivity index (χ0v) is 10.6. The Morgan fingerprint density at radius 1 is 1.44 bits per heavy atom. The first-order valence-electron chi connectivity index (χ1n) is 5.39. The number of thioether (sulfide) groups is 1. The second-order valence-electron chi connectivity index (χ2n) is 3.47. The highest BCUT2D eigenvalue weighted by molar-refractivity contribution is 7.98. The first kappa shape index (κ1) is 12.6. The molecular weight excluding hydrogens is 252 g/mol. The number of hydrogen-bond acceptors (Lipinski definition) is 5. The molecule has 2 heterocycles. The number of carbonyl (C=O) groups is 1. The summed E-state index contributed by atoms with van der Waals surface area (Å²) >= 11 is 1.50. The summed E-state index contributed by atoms with van der Waals surface area (Å²) in [5.41, 5.74) is 0.191. The van der Waals surface area contributed by atoms with Gasteiger partial charge in [-0.1, -0.05) is 11.8 Å². The van der Waals surface area contributed by atoms with Gasteiger partial charge in [0.1, 0.15) is 12.2 Å². The number of aryl methyl sites for hydroxylation is 1. The minimum Gasteiger partial charge on any atom is -0.478 e. The molecule has 0 unspecified atom stereocenters. The SMILES string of the molecule is CCn1ncnc1CSc1ccc(C(=O)O)cn1. The summed E-state index contributed by atoms with van der Waals surface area (Å²) in [6.45, 7) is 2.78. The van der Waals surface area contributed by atoms with E-state index in [0.717, 1.165) is 17.4 Å². The lowest BCUT2D eigenvalue weighted by Gasteiger charge is -2.02. The van der Waals surface area contributed by atoms with Crippen LogP contribution >= 0.6 is 11.8 Å². The van der Waals surface area contributed by atoms with Crippen molar-refractivity contribution in [3.8, 4) is 0 Å². The lowest BCUT2D eigenvalue weighted by Crippen LogP contribution is -2.02. The maximum atomic E-state index is 10.7. The van der Waals surface area contributed by atoms with Crippen molar-refractivity contribution in [1.82, 2.24) is 19.7 Å². The maximum absolute atomic E-state index is 10.7. The summed E-state index contributed by atoms with van der Waals surface area (Å²) in [6, 6.07) is 3.24. The van der Waals surface area contributed by atoms with Crippen LogP contribution in [0.5, 0.6) is 0 Å². The summed E-state index contributed by atoms with van der Waals surface area (Å²) in [6.07, 6.45) is 2.88. The second-order valence-corrected chi connectivity index (χ2v) is 4.47. The molecule has 2 aromatic heterocycles. The first-order chi connectivity index (χ1) is 8.70. The molecule has 0 spiro atoms. The average Bonchev–Trinajstić information content (AvgIpc) is 2.84. The van der Waals surface area contributed by atoms with Gasteiger partial charge in [-0.3, -0.25) is 0 Å². The van der Waals surface area contributed by atoms with Crippen LogP contribution in [0.1, 0.15) is 23.1 Å². The fourth-order valence-corrected chi connectivity index (χ4v) is 2.19. The van der Waals surface area contributed by atoms with E-state index in [1.165, 1.54) is 24.3 Å². The lowest BCUT2D eigenvalue weighted by atomic mass is 10.3. The van der Waals surface area contributed by atoms with Crippen LogP contribution in [-0.4, -0.2) is 30.8 Å². The topological polar surface area (TPSA) is 80.9 Å². The second kappa shape index (κ2) is 5.63. The van der Waals surface area contributed by atoms with Gasteiger partial charge in [-0.05, 0) is 19.1 Å². The van der Waals surface area contributed by atoms with E-state index in [-0.39, 0.29) is 5.56 Å². The van der Waals surface area contributed by atoms with Gasteiger partial charge >= 0.3 is 5.97 Å². The molecule has 0 aromatic carbocycles. The molecule has 2 rings (SSSR count). The number of carboxylic acid groups (broad SMARTS) is 1. The van der Waals surface area contributed by atoms with E-state index >= 15 is 0 Å². The summed E-state index contributed by atoms with van der Waals surface area (Å²) in [5, 5.41) is 13.6. The van der Waals surface area contributed by atoms with Crippen molar-refractivity contribution in [2.24, 2.45) is 0 Å². The van der Waals surface area contributed by atoms with Crippen molar-refractivity contribution in [2.75, 3.05) is 0 Å². The van der Waals surface area contributed by atoms with Crippen molar-refractivity contribution in [2.45, 2.75) is 24.2 Å². The first-order valence-corrected chi connectivity index (χ1v) is 6.38. The normalized spacial score (nSPS) is 10.5. The van der Waals surface area contributed by atoms with Gasteiger partial charge in [0.05, 0.1) is 16.3 Å². The van der Waals surface area contributed by atoms with Crippen molar-refractivity contribution < 1.29 is 9.90 Å². The number of pyridine rings is 1. The predicted molar refractivity (Wildman–Crippen MR) is 66.5 cm³/mol. The molecule has 6 nitrogen and oxygen atoms in total. The molecule has 0 aliphatic carbocycles. The van der Waals surface area contributed by atoms with Crippen molar-refractivity contribution in [3.63, 3.8) is 0 Å². The minimum absolute atomic E-state index is 0.191. The van der Waals surface area contributed by atoms with Crippen LogP contribution in [0, 0.1) is 0 Å². The van der Waals surface area contributed by atoms with E-state index in [9.17, 15) is 4.79 Å². The molecule has 0 aliphatic heterocycles. The van der Waals surface area contributed by atoms with E-state index in [4.69, 9.17) is 5.11 Å². The molecule has 7 heteroatoms. The highest BCUT2D eigenvalue weighted by Gasteiger charge is 2.06. The molecule has 94 valence electrons. The van der Waals surface area contributed by atoms with Crippen LogP contribution in [0.15, 0.2) is 29.7 Å². The molecule has 0 saturated heterocycles. The number of nitrogens with zero attached hydrogens (tertiary/aromatic N) is 4. The van der Waals surface area contributed by atoms with Gasteiger partial charge in [0.15, 0.2) is 0 Å². The predicted octanol–water partition coefficient (Wildman–Crippen LogP) is 1.68. The Morgan fingerprint density at radius 3 is 2.89 bits per heavy atom. The molecular formula is C11H12N4O2S. The van der Waals surface area contributed by atoms with Crippen LogP contribution in [0.25, 0.3) is 0 Å².